The molecule has 0 spiro atoms. The third kappa shape index (κ3) is 5.79. The fourth-order valence-corrected chi connectivity index (χ4v) is 3.48. The summed E-state index contributed by atoms with van der Waals surface area (Å²) in [7, 11) is 3.37. The van der Waals surface area contributed by atoms with Gasteiger partial charge in [-0.3, -0.25) is 9.79 Å². The standard InChI is InChI=1S/C22H27ClN4O3/c1-24-21(28)17-5-3-4-15(12-17)6-8-26-22(25-2)27-9-7-16-13-18(23)20-19(14-16)29-10-11-30-20/h3-5,12-14H,6-11H2,1-2H3,(H,24,28)(H2,25,26,27). The normalized spacial score (nSPS) is 13.0. The zero-order valence-electron chi connectivity index (χ0n) is 17.3. The van der Waals surface area contributed by atoms with E-state index in [-0.39, 0.29) is 5.91 Å². The third-order valence-corrected chi connectivity index (χ3v) is 4.99. The number of rotatable bonds is 7. The molecule has 0 bridgehead atoms. The molecule has 0 aliphatic carbocycles. The van der Waals surface area contributed by atoms with Gasteiger partial charge in [0.15, 0.2) is 17.5 Å². The van der Waals surface area contributed by atoms with Crippen LogP contribution >= 0.6 is 11.6 Å². The molecule has 0 fully saturated rings. The summed E-state index contributed by atoms with van der Waals surface area (Å²) in [4.78, 5) is 16.0. The molecule has 160 valence electrons. The molecule has 30 heavy (non-hydrogen) atoms. The summed E-state index contributed by atoms with van der Waals surface area (Å²) in [5.41, 5.74) is 2.82. The zero-order valence-corrected chi connectivity index (χ0v) is 18.0. The minimum absolute atomic E-state index is 0.0819. The van der Waals surface area contributed by atoms with Crippen molar-refractivity contribution in [3.63, 3.8) is 0 Å². The number of fused-ring (bicyclic) bond motifs is 1. The van der Waals surface area contributed by atoms with Crippen molar-refractivity contribution in [1.82, 2.24) is 16.0 Å². The Morgan fingerprint density at radius 1 is 1.07 bits per heavy atom. The average Bonchev–Trinajstić information content (AvgIpc) is 2.77. The molecule has 0 unspecified atom stereocenters. The van der Waals surface area contributed by atoms with E-state index < -0.39 is 0 Å². The largest absolute Gasteiger partial charge is 0.486 e. The van der Waals surface area contributed by atoms with E-state index in [0.717, 1.165) is 29.9 Å². The Morgan fingerprint density at radius 2 is 1.80 bits per heavy atom. The first-order valence-corrected chi connectivity index (χ1v) is 10.3. The highest BCUT2D eigenvalue weighted by atomic mass is 35.5. The molecule has 1 amide bonds. The molecule has 2 aromatic carbocycles. The molecule has 8 heteroatoms. The summed E-state index contributed by atoms with van der Waals surface area (Å²) in [5.74, 6) is 1.96. The van der Waals surface area contributed by atoms with Crippen LogP contribution in [0.4, 0.5) is 0 Å². The number of nitrogens with one attached hydrogen (secondary N) is 3. The number of nitrogens with zero attached hydrogens (tertiary/aromatic N) is 1. The molecule has 2 aromatic rings. The van der Waals surface area contributed by atoms with Crippen molar-refractivity contribution in [2.75, 3.05) is 40.4 Å². The van der Waals surface area contributed by atoms with Crippen LogP contribution in [-0.2, 0) is 12.8 Å². The van der Waals surface area contributed by atoms with Gasteiger partial charge in [0.1, 0.15) is 13.2 Å². The lowest BCUT2D eigenvalue weighted by atomic mass is 10.1. The second-order valence-electron chi connectivity index (χ2n) is 6.81. The Morgan fingerprint density at radius 3 is 2.53 bits per heavy atom. The van der Waals surface area contributed by atoms with Crippen molar-refractivity contribution < 1.29 is 14.3 Å². The molecule has 1 aliphatic heterocycles. The van der Waals surface area contributed by atoms with E-state index in [0.29, 0.717) is 48.4 Å². The quantitative estimate of drug-likeness (QED) is 0.464. The Balaban J connectivity index is 1.45. The summed E-state index contributed by atoms with van der Waals surface area (Å²) in [6, 6.07) is 11.5. The molecule has 3 N–H and O–H groups in total. The molecule has 0 radical (unpaired) electrons. The smallest absolute Gasteiger partial charge is 0.251 e. The fourth-order valence-electron chi connectivity index (χ4n) is 3.19. The molecule has 0 saturated heterocycles. The molecule has 1 aliphatic rings. The summed E-state index contributed by atoms with van der Waals surface area (Å²) in [6.07, 6.45) is 1.55. The first-order valence-electron chi connectivity index (χ1n) is 9.94. The number of hydrogen-bond acceptors (Lipinski definition) is 4. The highest BCUT2D eigenvalue weighted by molar-refractivity contribution is 6.32. The zero-order chi connectivity index (χ0) is 21.3. The number of carbonyl (C=O) groups is 1. The first-order chi connectivity index (χ1) is 14.6. The molecule has 1 heterocycles. The summed E-state index contributed by atoms with van der Waals surface area (Å²) < 4.78 is 11.2. The number of halogens is 1. The lowest BCUT2D eigenvalue weighted by molar-refractivity contribution is 0.0963. The van der Waals surface area contributed by atoms with Gasteiger partial charge >= 0.3 is 0 Å². The van der Waals surface area contributed by atoms with Gasteiger partial charge in [0.2, 0.25) is 0 Å². The number of benzene rings is 2. The van der Waals surface area contributed by atoms with Crippen molar-refractivity contribution in [1.29, 1.82) is 0 Å². The van der Waals surface area contributed by atoms with Crippen LogP contribution in [0.3, 0.4) is 0 Å². The summed E-state index contributed by atoms with van der Waals surface area (Å²) >= 11 is 6.30. The Kier molecular flexibility index (Phi) is 7.79. The topological polar surface area (TPSA) is 84.0 Å². The van der Waals surface area contributed by atoms with Crippen LogP contribution in [0, 0.1) is 0 Å². The fraction of sp³-hybridized carbons (Fsp3) is 0.364. The molecule has 0 saturated carbocycles. The van der Waals surface area contributed by atoms with Crippen LogP contribution in [0.2, 0.25) is 5.02 Å². The minimum Gasteiger partial charge on any atom is -0.486 e. The Labute approximate surface area is 181 Å². The average molecular weight is 431 g/mol. The van der Waals surface area contributed by atoms with Gasteiger partial charge < -0.3 is 25.4 Å². The molecular formula is C22H27ClN4O3. The van der Waals surface area contributed by atoms with Gasteiger partial charge in [-0.1, -0.05) is 23.7 Å². The predicted molar refractivity (Wildman–Crippen MR) is 119 cm³/mol. The van der Waals surface area contributed by atoms with E-state index in [1.54, 1.807) is 20.2 Å². The van der Waals surface area contributed by atoms with Crippen molar-refractivity contribution in [2.24, 2.45) is 4.99 Å². The van der Waals surface area contributed by atoms with E-state index in [1.165, 1.54) is 0 Å². The van der Waals surface area contributed by atoms with Crippen molar-refractivity contribution in [3.05, 3.63) is 58.1 Å². The predicted octanol–water partition coefficient (Wildman–Crippen LogP) is 2.42. The Hall–Kier alpha value is -2.93. The van der Waals surface area contributed by atoms with E-state index in [9.17, 15) is 4.79 Å². The van der Waals surface area contributed by atoms with Gasteiger partial charge in [-0.05, 0) is 48.2 Å². The van der Waals surface area contributed by atoms with Gasteiger partial charge in [-0.2, -0.15) is 0 Å². The van der Waals surface area contributed by atoms with Gasteiger partial charge in [-0.15, -0.1) is 0 Å². The summed E-state index contributed by atoms with van der Waals surface area (Å²) in [6.45, 7) is 2.45. The summed E-state index contributed by atoms with van der Waals surface area (Å²) in [5, 5.41) is 9.81. The number of hydrogen-bond donors (Lipinski definition) is 3. The van der Waals surface area contributed by atoms with Crippen molar-refractivity contribution in [3.8, 4) is 11.5 Å². The molecule has 0 atom stereocenters. The maximum Gasteiger partial charge on any atom is 0.251 e. The van der Waals surface area contributed by atoms with Gasteiger partial charge in [0, 0.05) is 32.7 Å². The lowest BCUT2D eigenvalue weighted by Gasteiger charge is -2.20. The number of ether oxygens (including phenoxy) is 2. The minimum atomic E-state index is -0.0819. The molecule has 0 aromatic heterocycles. The van der Waals surface area contributed by atoms with E-state index in [2.05, 4.69) is 20.9 Å². The second kappa shape index (κ2) is 10.7. The molecular weight excluding hydrogens is 404 g/mol. The van der Waals surface area contributed by atoms with Gasteiger partial charge in [0.05, 0.1) is 5.02 Å². The van der Waals surface area contributed by atoms with Crippen LogP contribution in [0.5, 0.6) is 11.5 Å². The van der Waals surface area contributed by atoms with Crippen molar-refractivity contribution >= 4 is 23.5 Å². The number of amides is 1. The van der Waals surface area contributed by atoms with Crippen LogP contribution < -0.4 is 25.4 Å². The third-order valence-electron chi connectivity index (χ3n) is 4.71. The van der Waals surface area contributed by atoms with Crippen LogP contribution in [-0.4, -0.2) is 52.3 Å². The lowest BCUT2D eigenvalue weighted by Crippen LogP contribution is -2.39. The van der Waals surface area contributed by atoms with Gasteiger partial charge in [0.25, 0.3) is 5.91 Å². The Bertz CT molecular complexity index is 917. The first kappa shape index (κ1) is 21.8. The van der Waals surface area contributed by atoms with E-state index in [4.69, 9.17) is 21.1 Å². The SMILES string of the molecule is CN=C(NCCc1cccc(C(=O)NC)c1)NCCc1cc(Cl)c2c(c1)OCCO2. The number of aliphatic imine (C=N–C) groups is 1. The monoisotopic (exact) mass is 430 g/mol. The maximum atomic E-state index is 11.8. The number of guanidine groups is 1. The van der Waals surface area contributed by atoms with E-state index in [1.807, 2.05) is 30.3 Å². The van der Waals surface area contributed by atoms with E-state index >= 15 is 0 Å². The van der Waals surface area contributed by atoms with Crippen LogP contribution in [0.15, 0.2) is 41.4 Å². The van der Waals surface area contributed by atoms with Crippen LogP contribution in [0.1, 0.15) is 21.5 Å². The highest BCUT2D eigenvalue weighted by Crippen LogP contribution is 2.38. The molecule has 7 nitrogen and oxygen atoms in total. The van der Waals surface area contributed by atoms with Crippen molar-refractivity contribution in [2.45, 2.75) is 12.8 Å². The number of carbonyl (C=O) groups excluding carboxylic acids is 1. The van der Waals surface area contributed by atoms with Crippen LogP contribution in [0.25, 0.3) is 0 Å². The second-order valence-corrected chi connectivity index (χ2v) is 7.21. The maximum absolute atomic E-state index is 11.8. The highest BCUT2D eigenvalue weighted by Gasteiger charge is 2.16. The van der Waals surface area contributed by atoms with Gasteiger partial charge in [-0.25, -0.2) is 0 Å². The molecule has 3 rings (SSSR count).